The molecule has 7 atom stereocenters. The first-order valence-corrected chi connectivity index (χ1v) is 9.20. The Morgan fingerprint density at radius 3 is 2.28 bits per heavy atom. The molecule has 4 rings (SSSR count). The number of carbonyl (C=O) groups is 2. The second kappa shape index (κ2) is 4.67. The van der Waals surface area contributed by atoms with Crippen LogP contribution in [0, 0.1) is 22.7 Å². The van der Waals surface area contributed by atoms with Gasteiger partial charge in [-0.05, 0) is 33.1 Å². The van der Waals surface area contributed by atoms with Crippen molar-refractivity contribution in [1.82, 2.24) is 0 Å². The second-order valence-electron chi connectivity index (χ2n) is 9.67. The van der Waals surface area contributed by atoms with E-state index in [1.165, 1.54) is 0 Å². The molecule has 4 aliphatic rings. The van der Waals surface area contributed by atoms with Crippen molar-refractivity contribution in [2.75, 3.05) is 0 Å². The van der Waals surface area contributed by atoms with Crippen LogP contribution >= 0.6 is 0 Å². The number of fused-ring (bicyclic) bond motifs is 2. The van der Waals surface area contributed by atoms with Crippen LogP contribution in [-0.4, -0.2) is 35.3 Å². The zero-order chi connectivity index (χ0) is 18.4. The summed E-state index contributed by atoms with van der Waals surface area (Å²) in [6.07, 6.45) is 2.88. The molecule has 0 bridgehead atoms. The van der Waals surface area contributed by atoms with Crippen LogP contribution in [-0.2, 0) is 23.8 Å². The lowest BCUT2D eigenvalue weighted by atomic mass is 9.46. The molecule has 5 nitrogen and oxygen atoms in total. The Balaban J connectivity index is 1.87. The highest BCUT2D eigenvalue weighted by Crippen LogP contribution is 2.66. The third-order valence-corrected chi connectivity index (χ3v) is 7.30. The molecule has 0 aromatic heterocycles. The topological polar surface area (TPSA) is 61.8 Å². The summed E-state index contributed by atoms with van der Waals surface area (Å²) in [5.74, 6) is -0.332. The lowest BCUT2D eigenvalue weighted by molar-refractivity contribution is -0.301. The van der Waals surface area contributed by atoms with Crippen molar-refractivity contribution in [2.45, 2.75) is 77.3 Å². The molecule has 3 aliphatic heterocycles. The lowest BCUT2D eigenvalue weighted by Gasteiger charge is -2.65. The normalized spacial score (nSPS) is 53.3. The van der Waals surface area contributed by atoms with E-state index < -0.39 is 22.0 Å². The molecule has 3 saturated heterocycles. The molecule has 0 aromatic carbocycles. The van der Waals surface area contributed by atoms with Crippen LogP contribution in [0.3, 0.4) is 0 Å². The first kappa shape index (κ1) is 17.1. The fourth-order valence-electron chi connectivity index (χ4n) is 6.77. The summed E-state index contributed by atoms with van der Waals surface area (Å²) in [4.78, 5) is 25.0. The van der Waals surface area contributed by atoms with E-state index in [1.54, 1.807) is 6.08 Å². The molecule has 1 aliphatic carbocycles. The van der Waals surface area contributed by atoms with Crippen LogP contribution in [0.25, 0.3) is 0 Å². The molecule has 0 amide bonds. The molecule has 3 heterocycles. The highest BCUT2D eigenvalue weighted by atomic mass is 16.6. The van der Waals surface area contributed by atoms with E-state index in [9.17, 15) is 9.59 Å². The van der Waals surface area contributed by atoms with Gasteiger partial charge in [-0.1, -0.05) is 13.0 Å². The largest absolute Gasteiger partial charge is 0.462 e. The Bertz CT molecular complexity index is 669. The maximum absolute atomic E-state index is 12.5. The van der Waals surface area contributed by atoms with Gasteiger partial charge in [0.2, 0.25) is 0 Å². The van der Waals surface area contributed by atoms with E-state index in [0.29, 0.717) is 19.3 Å². The van der Waals surface area contributed by atoms with Gasteiger partial charge in [0.1, 0.15) is 12.2 Å². The Kier molecular flexibility index (Phi) is 3.19. The summed E-state index contributed by atoms with van der Waals surface area (Å²) in [5, 5.41) is 0. The Morgan fingerprint density at radius 1 is 1.00 bits per heavy atom. The minimum absolute atomic E-state index is 0.0161. The minimum Gasteiger partial charge on any atom is -0.462 e. The maximum atomic E-state index is 12.5. The summed E-state index contributed by atoms with van der Waals surface area (Å²) in [7, 11) is 0. The van der Waals surface area contributed by atoms with Crippen molar-refractivity contribution in [3.63, 3.8) is 0 Å². The predicted octanol–water partition coefficient (Wildman–Crippen LogP) is 3.02. The highest BCUT2D eigenvalue weighted by molar-refractivity contribution is 5.80. The van der Waals surface area contributed by atoms with Crippen LogP contribution in [0.5, 0.6) is 0 Å². The van der Waals surface area contributed by atoms with E-state index in [2.05, 4.69) is 20.4 Å². The average molecular weight is 348 g/mol. The lowest BCUT2D eigenvalue weighted by Crippen LogP contribution is -2.70. The van der Waals surface area contributed by atoms with Crippen LogP contribution in [0.1, 0.15) is 53.9 Å². The Hall–Kier alpha value is -1.36. The third-order valence-electron chi connectivity index (χ3n) is 7.30. The molecule has 0 radical (unpaired) electrons. The van der Waals surface area contributed by atoms with Crippen LogP contribution in [0.2, 0.25) is 0 Å². The number of rotatable bonds is 1. The van der Waals surface area contributed by atoms with Crippen molar-refractivity contribution >= 4 is 11.9 Å². The first-order chi connectivity index (χ1) is 11.5. The van der Waals surface area contributed by atoms with Gasteiger partial charge in [0, 0.05) is 24.7 Å². The van der Waals surface area contributed by atoms with Gasteiger partial charge in [0.05, 0.1) is 23.0 Å². The van der Waals surface area contributed by atoms with E-state index in [4.69, 9.17) is 14.2 Å². The van der Waals surface area contributed by atoms with Gasteiger partial charge in [0.25, 0.3) is 0 Å². The van der Waals surface area contributed by atoms with Gasteiger partial charge in [-0.25, -0.2) is 0 Å². The standard InChI is InChI=1S/C20H28O5/c1-7-18(4)8-11-15-19(5,10-13(21)23-11)14-12(9-20(15,6)25-18)24-16(22)17(14,2)3/h7,11-12,14-15H,1,8-10H2,2-6H3. The van der Waals surface area contributed by atoms with E-state index >= 15 is 0 Å². The monoisotopic (exact) mass is 348 g/mol. The summed E-state index contributed by atoms with van der Waals surface area (Å²) in [6.45, 7) is 14.0. The fraction of sp³-hybridized carbons (Fsp3) is 0.800. The molecule has 5 heteroatoms. The Morgan fingerprint density at radius 2 is 1.64 bits per heavy atom. The van der Waals surface area contributed by atoms with Gasteiger partial charge in [0.15, 0.2) is 0 Å². The zero-order valence-electron chi connectivity index (χ0n) is 15.8. The number of hydrogen-bond acceptors (Lipinski definition) is 5. The van der Waals surface area contributed by atoms with Crippen LogP contribution in [0.15, 0.2) is 12.7 Å². The zero-order valence-corrected chi connectivity index (χ0v) is 15.8. The van der Waals surface area contributed by atoms with Crippen molar-refractivity contribution in [3.05, 3.63) is 12.7 Å². The highest BCUT2D eigenvalue weighted by Gasteiger charge is 2.73. The van der Waals surface area contributed by atoms with Crippen LogP contribution in [0.4, 0.5) is 0 Å². The Labute approximate surface area is 149 Å². The van der Waals surface area contributed by atoms with Gasteiger partial charge in [-0.15, -0.1) is 6.58 Å². The van der Waals surface area contributed by atoms with Gasteiger partial charge in [-0.3, -0.25) is 9.59 Å². The van der Waals surface area contributed by atoms with E-state index in [0.717, 1.165) is 0 Å². The second-order valence-corrected chi connectivity index (χ2v) is 9.67. The molecule has 25 heavy (non-hydrogen) atoms. The number of carbonyl (C=O) groups excluding carboxylic acids is 2. The van der Waals surface area contributed by atoms with Crippen molar-refractivity contribution < 1.29 is 23.8 Å². The molecular formula is C20H28O5. The summed E-state index contributed by atoms with van der Waals surface area (Å²) in [6, 6.07) is 0. The molecule has 0 N–H and O–H groups in total. The molecular weight excluding hydrogens is 320 g/mol. The van der Waals surface area contributed by atoms with E-state index in [-0.39, 0.29) is 36.0 Å². The first-order valence-electron chi connectivity index (χ1n) is 9.20. The third kappa shape index (κ3) is 2.05. The smallest absolute Gasteiger partial charge is 0.312 e. The van der Waals surface area contributed by atoms with Crippen LogP contribution < -0.4 is 0 Å². The summed E-state index contributed by atoms with van der Waals surface area (Å²) < 4.78 is 18.2. The molecule has 0 spiro atoms. The van der Waals surface area contributed by atoms with E-state index in [1.807, 2.05) is 20.8 Å². The summed E-state index contributed by atoms with van der Waals surface area (Å²) >= 11 is 0. The maximum Gasteiger partial charge on any atom is 0.312 e. The van der Waals surface area contributed by atoms with Crippen molar-refractivity contribution in [1.29, 1.82) is 0 Å². The minimum atomic E-state index is -0.609. The molecule has 0 aromatic rings. The molecule has 138 valence electrons. The molecule has 7 unspecified atom stereocenters. The summed E-state index contributed by atoms with van der Waals surface area (Å²) in [5.41, 5.74) is -2.08. The van der Waals surface area contributed by atoms with Gasteiger partial charge in [-0.2, -0.15) is 0 Å². The fourth-order valence-corrected chi connectivity index (χ4v) is 6.77. The number of ether oxygens (including phenoxy) is 3. The van der Waals surface area contributed by atoms with Crippen molar-refractivity contribution in [3.8, 4) is 0 Å². The average Bonchev–Trinajstić information content (AvgIpc) is 2.65. The number of hydrogen-bond donors (Lipinski definition) is 0. The molecule has 1 saturated carbocycles. The predicted molar refractivity (Wildman–Crippen MR) is 90.6 cm³/mol. The van der Waals surface area contributed by atoms with Gasteiger partial charge >= 0.3 is 11.9 Å². The SMILES string of the molecule is C=CC1(C)CC2OC(=O)CC3(C)C2C(C)(CC2OC(=O)C(C)(C)C23)O1. The number of esters is 2. The van der Waals surface area contributed by atoms with Crippen molar-refractivity contribution in [2.24, 2.45) is 22.7 Å². The van der Waals surface area contributed by atoms with Gasteiger partial charge < -0.3 is 14.2 Å². The molecule has 4 fully saturated rings. The quantitative estimate of drug-likeness (QED) is 0.538.